The molecule has 5 rings (SSSR count). The summed E-state index contributed by atoms with van der Waals surface area (Å²) in [4.78, 5) is 23.1. The molecule has 1 atom stereocenters. The normalized spacial score (nSPS) is 14.1. The zero-order valence-corrected chi connectivity index (χ0v) is 24.1. The number of aromatic nitrogens is 5. The van der Waals surface area contributed by atoms with Gasteiger partial charge in [0.25, 0.3) is 0 Å². The molecule has 4 aromatic rings. The van der Waals surface area contributed by atoms with Gasteiger partial charge in [0.2, 0.25) is 11.8 Å². The van der Waals surface area contributed by atoms with E-state index >= 15 is 0 Å². The number of imidazole rings is 1. The molecule has 1 aliphatic rings. The highest BCUT2D eigenvalue weighted by atomic mass is 16.5. The van der Waals surface area contributed by atoms with E-state index in [4.69, 9.17) is 9.72 Å². The van der Waals surface area contributed by atoms with Gasteiger partial charge in [-0.05, 0) is 84.0 Å². The molecular formula is C30H40N8O2. The number of rotatable bonds is 14. The minimum Gasteiger partial charge on any atom is -0.477 e. The number of nitrogens with one attached hydrogen (secondary N) is 2. The fourth-order valence-corrected chi connectivity index (χ4v) is 5.08. The molecule has 40 heavy (non-hydrogen) atoms. The van der Waals surface area contributed by atoms with Gasteiger partial charge in [-0.1, -0.05) is 0 Å². The Morgan fingerprint density at radius 2 is 2.02 bits per heavy atom. The van der Waals surface area contributed by atoms with Gasteiger partial charge in [0.1, 0.15) is 6.29 Å². The van der Waals surface area contributed by atoms with Crippen LogP contribution in [0.4, 0.5) is 11.6 Å². The first-order valence-electron chi connectivity index (χ1n) is 14.1. The third-order valence-corrected chi connectivity index (χ3v) is 7.28. The number of hydrogen-bond donors (Lipinski definition) is 2. The van der Waals surface area contributed by atoms with Gasteiger partial charge < -0.3 is 24.8 Å². The van der Waals surface area contributed by atoms with Gasteiger partial charge in [-0.15, -0.1) is 0 Å². The average Bonchev–Trinajstić information content (AvgIpc) is 3.58. The summed E-state index contributed by atoms with van der Waals surface area (Å²) in [6.07, 6.45) is 6.65. The third kappa shape index (κ3) is 6.12. The molecule has 0 saturated heterocycles. The van der Waals surface area contributed by atoms with Crippen LogP contribution >= 0.6 is 0 Å². The van der Waals surface area contributed by atoms with Gasteiger partial charge in [0.15, 0.2) is 0 Å². The Bertz CT molecular complexity index is 1470. The van der Waals surface area contributed by atoms with Gasteiger partial charge in [0.05, 0.1) is 41.1 Å². The second kappa shape index (κ2) is 12.1. The van der Waals surface area contributed by atoms with Gasteiger partial charge in [-0.3, -0.25) is 9.78 Å². The van der Waals surface area contributed by atoms with E-state index in [1.165, 1.54) is 0 Å². The molecule has 0 spiro atoms. The number of ether oxygens (including phenoxy) is 1. The number of fused-ring (bicyclic) bond motifs is 1. The number of aldehydes is 1. The van der Waals surface area contributed by atoms with E-state index in [9.17, 15) is 4.79 Å². The number of carbonyl (C=O) groups excluding carboxylic acids is 1. The predicted molar refractivity (Wildman–Crippen MR) is 160 cm³/mol. The van der Waals surface area contributed by atoms with Crippen LogP contribution in [0.5, 0.6) is 5.88 Å². The van der Waals surface area contributed by atoms with Crippen LogP contribution in [0.2, 0.25) is 0 Å². The molecule has 1 saturated carbocycles. The smallest absolute Gasteiger partial charge is 0.221 e. The van der Waals surface area contributed by atoms with Crippen LogP contribution in [-0.2, 0) is 0 Å². The maximum atomic E-state index is 11.4. The summed E-state index contributed by atoms with van der Waals surface area (Å²) >= 11 is 0. The number of aryl methyl sites for hydroxylation is 1. The fraction of sp³-hybridized carbons (Fsp3) is 0.467. The summed E-state index contributed by atoms with van der Waals surface area (Å²) in [5.74, 6) is 1.60. The molecule has 3 heterocycles. The summed E-state index contributed by atoms with van der Waals surface area (Å²) in [5, 5.41) is 11.4. The van der Waals surface area contributed by atoms with Crippen molar-refractivity contribution >= 4 is 29.0 Å². The van der Waals surface area contributed by atoms with Crippen molar-refractivity contribution in [1.29, 1.82) is 0 Å². The van der Waals surface area contributed by atoms with Gasteiger partial charge >= 0.3 is 0 Å². The van der Waals surface area contributed by atoms with Crippen LogP contribution in [0.3, 0.4) is 0 Å². The molecule has 2 N–H and O–H groups in total. The molecule has 212 valence electrons. The monoisotopic (exact) mass is 544 g/mol. The van der Waals surface area contributed by atoms with E-state index < -0.39 is 0 Å². The van der Waals surface area contributed by atoms with Crippen molar-refractivity contribution in [2.75, 3.05) is 51.5 Å². The predicted octanol–water partition coefficient (Wildman–Crippen LogP) is 5.19. The second-order valence-electron chi connectivity index (χ2n) is 10.9. The molecule has 1 fully saturated rings. The van der Waals surface area contributed by atoms with Gasteiger partial charge in [-0.2, -0.15) is 5.10 Å². The van der Waals surface area contributed by atoms with Crippen LogP contribution in [-0.4, -0.2) is 76.3 Å². The first-order valence-corrected chi connectivity index (χ1v) is 14.1. The fourth-order valence-electron chi connectivity index (χ4n) is 5.08. The number of nitrogens with zero attached hydrogens (tertiary/aromatic N) is 6. The molecule has 1 aromatic carbocycles. The van der Waals surface area contributed by atoms with Crippen molar-refractivity contribution in [2.45, 2.75) is 51.6 Å². The highest BCUT2D eigenvalue weighted by molar-refractivity contribution is 5.82. The first kappa shape index (κ1) is 27.6. The summed E-state index contributed by atoms with van der Waals surface area (Å²) in [5.41, 5.74) is 6.13. The topological polar surface area (TPSA) is 102 Å². The number of carbonyl (C=O) groups is 1. The van der Waals surface area contributed by atoms with Crippen molar-refractivity contribution in [1.82, 2.24) is 29.2 Å². The molecule has 0 amide bonds. The Balaban J connectivity index is 1.29. The van der Waals surface area contributed by atoms with E-state index in [2.05, 4.69) is 69.4 Å². The van der Waals surface area contributed by atoms with Crippen molar-refractivity contribution in [3.8, 4) is 17.1 Å². The molecule has 10 heteroatoms. The lowest BCUT2D eigenvalue weighted by Gasteiger charge is -2.18. The lowest BCUT2D eigenvalue weighted by Crippen LogP contribution is -2.20. The number of pyridine rings is 1. The van der Waals surface area contributed by atoms with E-state index in [1.807, 2.05) is 24.9 Å². The molecule has 3 aromatic heterocycles. The SMILES string of the molecule is CNc1nc2ccc(NCCN(C)C)cc2n1C(C)CCCOc1c(-c2cc(C=O)cc(C)n2)cnn1C1CC1. The maximum Gasteiger partial charge on any atom is 0.221 e. The zero-order valence-electron chi connectivity index (χ0n) is 24.1. The van der Waals surface area contributed by atoms with Crippen LogP contribution in [0.15, 0.2) is 36.5 Å². The van der Waals surface area contributed by atoms with Crippen molar-refractivity contribution in [3.05, 3.63) is 47.8 Å². The van der Waals surface area contributed by atoms with Crippen molar-refractivity contribution in [3.63, 3.8) is 0 Å². The van der Waals surface area contributed by atoms with Gasteiger partial charge in [-0.25, -0.2) is 9.67 Å². The quantitative estimate of drug-likeness (QED) is 0.165. The number of benzene rings is 1. The Morgan fingerprint density at radius 3 is 2.75 bits per heavy atom. The molecule has 10 nitrogen and oxygen atoms in total. The van der Waals surface area contributed by atoms with E-state index in [0.717, 1.165) is 90.6 Å². The second-order valence-corrected chi connectivity index (χ2v) is 10.9. The molecular weight excluding hydrogens is 504 g/mol. The van der Waals surface area contributed by atoms with Crippen LogP contribution in [0, 0.1) is 6.92 Å². The lowest BCUT2D eigenvalue weighted by atomic mass is 10.1. The lowest BCUT2D eigenvalue weighted by molar-refractivity contribution is 0.112. The van der Waals surface area contributed by atoms with Crippen LogP contribution in [0.25, 0.3) is 22.3 Å². The van der Waals surface area contributed by atoms with E-state index in [1.54, 1.807) is 12.1 Å². The average molecular weight is 545 g/mol. The molecule has 0 aliphatic heterocycles. The Morgan fingerprint density at radius 1 is 1.20 bits per heavy atom. The third-order valence-electron chi connectivity index (χ3n) is 7.28. The Kier molecular flexibility index (Phi) is 8.35. The number of hydrogen-bond acceptors (Lipinski definition) is 8. The van der Waals surface area contributed by atoms with Crippen molar-refractivity contribution < 1.29 is 9.53 Å². The summed E-state index contributed by atoms with van der Waals surface area (Å²) < 4.78 is 10.7. The first-order chi connectivity index (χ1) is 19.4. The number of likely N-dealkylation sites (N-methyl/N-ethyl adjacent to an activating group) is 1. The summed E-state index contributed by atoms with van der Waals surface area (Å²) in [7, 11) is 6.07. The van der Waals surface area contributed by atoms with Crippen molar-refractivity contribution in [2.24, 2.45) is 0 Å². The molecule has 1 aliphatic carbocycles. The molecule has 1 unspecified atom stereocenters. The molecule has 0 radical (unpaired) electrons. The highest BCUT2D eigenvalue weighted by Gasteiger charge is 2.29. The summed E-state index contributed by atoms with van der Waals surface area (Å²) in [6.45, 7) is 6.53. The molecule has 0 bridgehead atoms. The minimum atomic E-state index is 0.217. The summed E-state index contributed by atoms with van der Waals surface area (Å²) in [6, 6.07) is 10.5. The van der Waals surface area contributed by atoms with Crippen LogP contribution in [0.1, 0.15) is 60.7 Å². The minimum absolute atomic E-state index is 0.217. The van der Waals surface area contributed by atoms with E-state index in [0.29, 0.717) is 18.2 Å². The van der Waals surface area contributed by atoms with Crippen LogP contribution < -0.4 is 15.4 Å². The van der Waals surface area contributed by atoms with E-state index in [-0.39, 0.29) is 6.04 Å². The largest absolute Gasteiger partial charge is 0.477 e. The highest BCUT2D eigenvalue weighted by Crippen LogP contribution is 2.41. The standard InChI is InChI=1S/C30H40N8O2/c1-20-15-22(19-39)16-27(34-20)25-18-33-38(24-9-10-24)29(25)40-14-6-7-21(2)37-28-17-23(32-12-13-36(4)5)8-11-26(28)35-30(37)31-3/h8,11,15-19,21,24,32H,6-7,9-10,12-14H2,1-5H3,(H,31,35). The Labute approximate surface area is 235 Å². The maximum absolute atomic E-state index is 11.4. The Hall–Kier alpha value is -3.92. The van der Waals surface area contributed by atoms with Gasteiger partial charge in [0, 0.05) is 43.1 Å². The number of anilines is 2. The zero-order chi connectivity index (χ0) is 28.2.